The molecule has 1 aliphatic heterocycles. The van der Waals surface area contributed by atoms with Gasteiger partial charge in [0.2, 0.25) is 0 Å². The molecule has 6 heteroatoms. The maximum absolute atomic E-state index is 12.7. The van der Waals surface area contributed by atoms with Crippen LogP contribution in [0.25, 0.3) is 0 Å². The predicted molar refractivity (Wildman–Crippen MR) is 93.9 cm³/mol. The summed E-state index contributed by atoms with van der Waals surface area (Å²) in [6.07, 6.45) is 0.754. The van der Waals surface area contributed by atoms with Crippen molar-refractivity contribution in [1.82, 2.24) is 5.32 Å². The van der Waals surface area contributed by atoms with Crippen molar-refractivity contribution in [3.8, 4) is 0 Å². The fourth-order valence-electron chi connectivity index (χ4n) is 2.91. The highest BCUT2D eigenvalue weighted by Gasteiger charge is 2.21. The summed E-state index contributed by atoms with van der Waals surface area (Å²) in [4.78, 5) is 12.2. The number of sulfonamides is 1. The van der Waals surface area contributed by atoms with Gasteiger partial charge in [0.25, 0.3) is 15.9 Å². The second kappa shape index (κ2) is 5.94. The molecule has 0 atom stereocenters. The van der Waals surface area contributed by atoms with Gasteiger partial charge in [-0.1, -0.05) is 12.1 Å². The third-order valence-corrected chi connectivity index (χ3v) is 5.89. The van der Waals surface area contributed by atoms with Crippen LogP contribution in [0.2, 0.25) is 0 Å². The Morgan fingerprint density at radius 1 is 1.00 bits per heavy atom. The number of hydrogen-bond acceptors (Lipinski definition) is 3. The minimum absolute atomic E-state index is 0.167. The van der Waals surface area contributed by atoms with Gasteiger partial charge in [-0.25, -0.2) is 8.42 Å². The highest BCUT2D eigenvalue weighted by molar-refractivity contribution is 7.92. The largest absolute Gasteiger partial charge is 0.352 e. The molecule has 24 heavy (non-hydrogen) atoms. The van der Waals surface area contributed by atoms with E-state index in [1.165, 1.54) is 0 Å². The van der Waals surface area contributed by atoms with E-state index < -0.39 is 10.0 Å². The maximum Gasteiger partial charge on any atom is 0.262 e. The van der Waals surface area contributed by atoms with Crippen molar-refractivity contribution in [2.75, 3.05) is 11.3 Å². The van der Waals surface area contributed by atoms with Crippen molar-refractivity contribution in [2.45, 2.75) is 32.1 Å². The van der Waals surface area contributed by atoms with Gasteiger partial charge in [0.15, 0.2) is 0 Å². The van der Waals surface area contributed by atoms with Crippen LogP contribution < -0.4 is 10.0 Å². The molecule has 5 nitrogen and oxygen atoms in total. The number of benzene rings is 2. The Morgan fingerprint density at radius 2 is 1.71 bits per heavy atom. The quantitative estimate of drug-likeness (QED) is 0.899. The van der Waals surface area contributed by atoms with Crippen molar-refractivity contribution < 1.29 is 13.2 Å². The van der Waals surface area contributed by atoms with Gasteiger partial charge in [-0.3, -0.25) is 9.52 Å². The fourth-order valence-corrected chi connectivity index (χ4v) is 4.27. The van der Waals surface area contributed by atoms with E-state index in [-0.39, 0.29) is 10.8 Å². The molecule has 0 saturated carbocycles. The van der Waals surface area contributed by atoms with Gasteiger partial charge in [-0.05, 0) is 67.6 Å². The summed E-state index contributed by atoms with van der Waals surface area (Å²) in [5.74, 6) is -0.167. The molecule has 0 aliphatic carbocycles. The molecular formula is C18H20N2O3S. The average molecular weight is 344 g/mol. The normalized spacial score (nSPS) is 14.0. The van der Waals surface area contributed by atoms with Gasteiger partial charge in [-0.2, -0.15) is 0 Å². The molecule has 2 aromatic rings. The van der Waals surface area contributed by atoms with E-state index in [0.29, 0.717) is 23.4 Å². The summed E-state index contributed by atoms with van der Waals surface area (Å²) in [7, 11) is -3.71. The summed E-state index contributed by atoms with van der Waals surface area (Å²) in [6, 6.07) is 8.64. The lowest BCUT2D eigenvalue weighted by molar-refractivity contribution is 0.0946. The third-order valence-electron chi connectivity index (χ3n) is 4.37. The Bertz CT molecular complexity index is 934. The number of fused-ring (bicyclic) bond motifs is 1. The summed E-state index contributed by atoms with van der Waals surface area (Å²) in [5.41, 5.74) is 4.52. The highest BCUT2D eigenvalue weighted by atomic mass is 32.2. The average Bonchev–Trinajstić information content (AvgIpc) is 2.51. The van der Waals surface area contributed by atoms with Gasteiger partial charge >= 0.3 is 0 Å². The second-order valence-electron chi connectivity index (χ2n) is 6.19. The summed E-state index contributed by atoms with van der Waals surface area (Å²) < 4.78 is 28.0. The molecule has 0 radical (unpaired) electrons. The number of hydrogen-bond donors (Lipinski definition) is 2. The molecule has 2 N–H and O–H groups in total. The van der Waals surface area contributed by atoms with E-state index in [1.807, 2.05) is 19.9 Å². The van der Waals surface area contributed by atoms with E-state index in [1.54, 1.807) is 31.2 Å². The first-order valence-electron chi connectivity index (χ1n) is 7.80. The lowest BCUT2D eigenvalue weighted by atomic mass is 10.00. The molecule has 0 aromatic heterocycles. The molecule has 2 aromatic carbocycles. The van der Waals surface area contributed by atoms with Crippen molar-refractivity contribution in [1.29, 1.82) is 0 Å². The topological polar surface area (TPSA) is 75.3 Å². The van der Waals surface area contributed by atoms with E-state index in [2.05, 4.69) is 10.0 Å². The molecule has 1 amide bonds. The lowest BCUT2D eigenvalue weighted by Gasteiger charge is -2.18. The minimum atomic E-state index is -3.71. The Morgan fingerprint density at radius 3 is 2.46 bits per heavy atom. The number of anilines is 1. The zero-order chi connectivity index (χ0) is 17.5. The lowest BCUT2D eigenvalue weighted by Crippen LogP contribution is -2.31. The molecule has 126 valence electrons. The molecule has 3 rings (SSSR count). The SMILES string of the molecule is Cc1cc(C)c(S(=O)(=O)Nc2ccc3c(c2)C(=O)NCC3)cc1C. The molecule has 0 spiro atoms. The van der Waals surface area contributed by atoms with Crippen LogP contribution in [0.15, 0.2) is 35.2 Å². The van der Waals surface area contributed by atoms with E-state index in [4.69, 9.17) is 0 Å². The molecule has 0 fully saturated rings. The molecule has 1 aliphatic rings. The first-order chi connectivity index (χ1) is 11.3. The van der Waals surface area contributed by atoms with Crippen LogP contribution >= 0.6 is 0 Å². The predicted octanol–water partition coefficient (Wildman–Crippen LogP) is 2.70. The maximum atomic E-state index is 12.7. The smallest absolute Gasteiger partial charge is 0.262 e. The van der Waals surface area contributed by atoms with E-state index >= 15 is 0 Å². The van der Waals surface area contributed by atoms with Gasteiger partial charge < -0.3 is 5.32 Å². The van der Waals surface area contributed by atoms with Gasteiger partial charge in [0.05, 0.1) is 4.90 Å². The monoisotopic (exact) mass is 344 g/mol. The Balaban J connectivity index is 1.97. The van der Waals surface area contributed by atoms with E-state index in [0.717, 1.165) is 23.1 Å². The summed E-state index contributed by atoms with van der Waals surface area (Å²) >= 11 is 0. The molecule has 0 saturated heterocycles. The van der Waals surface area contributed by atoms with Gasteiger partial charge in [0, 0.05) is 17.8 Å². The Labute approximate surface area is 142 Å². The molecule has 1 heterocycles. The number of rotatable bonds is 3. The van der Waals surface area contributed by atoms with Crippen LogP contribution in [0, 0.1) is 20.8 Å². The molecular weight excluding hydrogens is 324 g/mol. The minimum Gasteiger partial charge on any atom is -0.352 e. The number of aryl methyl sites for hydroxylation is 3. The fraction of sp³-hybridized carbons (Fsp3) is 0.278. The zero-order valence-electron chi connectivity index (χ0n) is 13.9. The molecule has 0 bridgehead atoms. The summed E-state index contributed by atoms with van der Waals surface area (Å²) in [6.45, 7) is 6.23. The molecule has 0 unspecified atom stereocenters. The highest BCUT2D eigenvalue weighted by Crippen LogP contribution is 2.25. The van der Waals surface area contributed by atoms with Crippen LogP contribution in [-0.2, 0) is 16.4 Å². The first-order valence-corrected chi connectivity index (χ1v) is 9.28. The van der Waals surface area contributed by atoms with Gasteiger partial charge in [0.1, 0.15) is 0 Å². The second-order valence-corrected chi connectivity index (χ2v) is 7.84. The van der Waals surface area contributed by atoms with Crippen LogP contribution in [0.4, 0.5) is 5.69 Å². The van der Waals surface area contributed by atoms with E-state index in [9.17, 15) is 13.2 Å². The number of nitrogens with one attached hydrogen (secondary N) is 2. The van der Waals surface area contributed by atoms with Crippen molar-refractivity contribution >= 4 is 21.6 Å². The van der Waals surface area contributed by atoms with Crippen LogP contribution in [0.3, 0.4) is 0 Å². The standard InChI is InChI=1S/C18H20N2O3S/c1-11-8-13(3)17(9-12(11)2)24(22,23)20-15-5-4-14-6-7-19-18(21)16(14)10-15/h4-5,8-10,20H,6-7H2,1-3H3,(H,19,21). The van der Waals surface area contributed by atoms with Crippen molar-refractivity contribution in [2.24, 2.45) is 0 Å². The van der Waals surface area contributed by atoms with Gasteiger partial charge in [-0.15, -0.1) is 0 Å². The third kappa shape index (κ3) is 3.01. The van der Waals surface area contributed by atoms with Crippen molar-refractivity contribution in [3.63, 3.8) is 0 Å². The van der Waals surface area contributed by atoms with Crippen LogP contribution in [0.5, 0.6) is 0 Å². The summed E-state index contributed by atoms with van der Waals surface area (Å²) in [5, 5.41) is 2.77. The number of carbonyl (C=O) groups is 1. The Hall–Kier alpha value is -2.34. The number of carbonyl (C=O) groups excluding carboxylic acids is 1. The van der Waals surface area contributed by atoms with Crippen LogP contribution in [0.1, 0.15) is 32.6 Å². The zero-order valence-corrected chi connectivity index (χ0v) is 14.8. The Kier molecular flexibility index (Phi) is 4.09. The van der Waals surface area contributed by atoms with Crippen LogP contribution in [-0.4, -0.2) is 20.9 Å². The number of amides is 1. The van der Waals surface area contributed by atoms with Crippen molar-refractivity contribution in [3.05, 3.63) is 58.1 Å². The first kappa shape index (κ1) is 16.5.